The van der Waals surface area contributed by atoms with Gasteiger partial charge in [-0.25, -0.2) is 5.01 Å². The van der Waals surface area contributed by atoms with Crippen molar-refractivity contribution >= 4 is 63.3 Å². The molecule has 4 aromatic rings. The number of carboxylic acids is 1. The lowest BCUT2D eigenvalue weighted by atomic mass is 9.91. The summed E-state index contributed by atoms with van der Waals surface area (Å²) < 4.78 is 0. The van der Waals surface area contributed by atoms with Crippen molar-refractivity contribution in [3.8, 4) is 11.1 Å². The van der Waals surface area contributed by atoms with E-state index in [0.29, 0.717) is 43.0 Å². The van der Waals surface area contributed by atoms with Crippen molar-refractivity contribution in [3.63, 3.8) is 0 Å². The van der Waals surface area contributed by atoms with Gasteiger partial charge in [-0.3, -0.25) is 14.4 Å². The monoisotopic (exact) mass is 567 g/mol. The zero-order valence-corrected chi connectivity index (χ0v) is 22.0. The first-order valence-electron chi connectivity index (χ1n) is 11.7. The number of pyridine rings is 1. The molecule has 0 aliphatic carbocycles. The predicted molar refractivity (Wildman–Crippen MR) is 149 cm³/mol. The van der Waals surface area contributed by atoms with Gasteiger partial charge in [-0.05, 0) is 41.5 Å². The van der Waals surface area contributed by atoms with Crippen LogP contribution in [0.4, 0.5) is 0 Å². The molecule has 1 aliphatic rings. The number of halogens is 3. The maximum absolute atomic E-state index is 13.6. The van der Waals surface area contributed by atoms with Gasteiger partial charge in [0.25, 0.3) is 5.56 Å². The number of hydrogen-bond acceptors (Lipinski definition) is 4. The minimum atomic E-state index is -1.10. The van der Waals surface area contributed by atoms with E-state index in [1.165, 1.54) is 5.01 Å². The molecule has 2 N–H and O–H groups in total. The Morgan fingerprint density at radius 2 is 1.66 bits per heavy atom. The number of aromatic amines is 1. The van der Waals surface area contributed by atoms with Crippen molar-refractivity contribution < 1.29 is 14.7 Å². The Morgan fingerprint density at radius 3 is 2.37 bits per heavy atom. The van der Waals surface area contributed by atoms with Crippen LogP contribution in [0.2, 0.25) is 15.1 Å². The number of fused-ring (bicyclic) bond motifs is 1. The number of benzene rings is 3. The zero-order valence-electron chi connectivity index (χ0n) is 19.7. The van der Waals surface area contributed by atoms with E-state index in [4.69, 9.17) is 39.9 Å². The highest BCUT2D eigenvalue weighted by Crippen LogP contribution is 2.40. The molecule has 1 aliphatic heterocycles. The molecule has 38 heavy (non-hydrogen) atoms. The molecule has 0 bridgehead atoms. The van der Waals surface area contributed by atoms with Crippen molar-refractivity contribution in [2.45, 2.75) is 25.3 Å². The average molecular weight is 569 g/mol. The van der Waals surface area contributed by atoms with E-state index in [0.717, 1.165) is 10.9 Å². The van der Waals surface area contributed by atoms with Gasteiger partial charge in [0.05, 0.1) is 23.7 Å². The molecule has 0 saturated heterocycles. The molecule has 5 rings (SSSR count). The van der Waals surface area contributed by atoms with Crippen LogP contribution in [0, 0.1) is 0 Å². The molecule has 7 nitrogen and oxygen atoms in total. The normalized spacial score (nSPS) is 15.1. The number of hydrogen-bond donors (Lipinski definition) is 2. The first kappa shape index (κ1) is 26.0. The third-order valence-corrected chi connectivity index (χ3v) is 7.16. The fraction of sp³-hybridized carbons (Fsp3) is 0.143. The topological polar surface area (TPSA) is 103 Å². The van der Waals surface area contributed by atoms with Gasteiger partial charge >= 0.3 is 5.97 Å². The highest BCUT2D eigenvalue weighted by molar-refractivity contribution is 6.35. The summed E-state index contributed by atoms with van der Waals surface area (Å²) in [7, 11) is 0. The standard InChI is InChI=1S/C28H20Cl3N3O4/c29-16-7-9-21-19(12-16)26(15-4-2-1-3-5-15)27(28(38)32-21)22-14-23(18-8-6-17(30)13-20(18)31)34(33-22)24(35)10-11-25(36)37/h1-9,12-13,23H,10-11,14H2,(H,32,38)(H,36,37)/t23-/m1/s1. The van der Waals surface area contributed by atoms with Crippen molar-refractivity contribution in [1.29, 1.82) is 0 Å². The number of hydrazone groups is 1. The number of carbonyl (C=O) groups is 2. The average Bonchev–Trinajstić information content (AvgIpc) is 3.32. The highest BCUT2D eigenvalue weighted by atomic mass is 35.5. The molecule has 1 amide bonds. The molecule has 192 valence electrons. The lowest BCUT2D eigenvalue weighted by Gasteiger charge is -2.23. The van der Waals surface area contributed by atoms with E-state index < -0.39 is 17.9 Å². The summed E-state index contributed by atoms with van der Waals surface area (Å²) in [6, 6.07) is 18.9. The van der Waals surface area contributed by atoms with Crippen LogP contribution in [0.5, 0.6) is 0 Å². The molecule has 1 aromatic heterocycles. The minimum Gasteiger partial charge on any atom is -0.481 e. The molecular formula is C28H20Cl3N3O4. The molecule has 1 atom stereocenters. The Morgan fingerprint density at radius 1 is 0.947 bits per heavy atom. The fourth-order valence-corrected chi connectivity index (χ4v) is 5.39. The van der Waals surface area contributed by atoms with Gasteiger partial charge in [-0.2, -0.15) is 5.10 Å². The summed E-state index contributed by atoms with van der Waals surface area (Å²) in [6.07, 6.45) is -0.441. The third-order valence-electron chi connectivity index (χ3n) is 6.37. The number of aromatic nitrogens is 1. The third kappa shape index (κ3) is 5.05. The zero-order chi connectivity index (χ0) is 27.0. The Hall–Kier alpha value is -3.65. The number of rotatable bonds is 6. The Labute approximate surface area is 232 Å². The van der Waals surface area contributed by atoms with Crippen LogP contribution < -0.4 is 5.56 Å². The molecule has 0 unspecified atom stereocenters. The van der Waals surface area contributed by atoms with Crippen LogP contribution in [0.25, 0.3) is 22.0 Å². The van der Waals surface area contributed by atoms with Crippen LogP contribution in [0.3, 0.4) is 0 Å². The summed E-state index contributed by atoms with van der Waals surface area (Å²) in [5.41, 5.74) is 2.89. The first-order valence-corrected chi connectivity index (χ1v) is 12.8. The number of nitrogens with zero attached hydrogens (tertiary/aromatic N) is 2. The van der Waals surface area contributed by atoms with E-state index in [2.05, 4.69) is 10.1 Å². The first-order chi connectivity index (χ1) is 18.2. The highest BCUT2D eigenvalue weighted by Gasteiger charge is 2.36. The number of carboxylic acid groups (broad SMARTS) is 1. The lowest BCUT2D eigenvalue weighted by molar-refractivity contribution is -0.141. The maximum Gasteiger partial charge on any atom is 0.303 e. The fourth-order valence-electron chi connectivity index (χ4n) is 4.68. The largest absolute Gasteiger partial charge is 0.481 e. The second kappa shape index (κ2) is 10.6. The molecule has 0 fully saturated rings. The minimum absolute atomic E-state index is 0.176. The van der Waals surface area contributed by atoms with Crippen LogP contribution in [-0.4, -0.2) is 32.7 Å². The van der Waals surface area contributed by atoms with E-state index in [9.17, 15) is 14.4 Å². The predicted octanol–water partition coefficient (Wildman–Crippen LogP) is 6.70. The number of carbonyl (C=O) groups excluding carboxylic acids is 1. The van der Waals surface area contributed by atoms with Crippen LogP contribution in [0.15, 0.2) is 76.6 Å². The second-order valence-electron chi connectivity index (χ2n) is 8.82. The Balaban J connectivity index is 1.71. The van der Waals surface area contributed by atoms with Gasteiger partial charge in [0.15, 0.2) is 0 Å². The number of nitrogens with one attached hydrogen (secondary N) is 1. The van der Waals surface area contributed by atoms with E-state index in [-0.39, 0.29) is 24.8 Å². The van der Waals surface area contributed by atoms with Crippen molar-refractivity contribution in [3.05, 3.63) is 103 Å². The van der Waals surface area contributed by atoms with E-state index >= 15 is 0 Å². The van der Waals surface area contributed by atoms with Crippen molar-refractivity contribution in [1.82, 2.24) is 9.99 Å². The van der Waals surface area contributed by atoms with Gasteiger partial charge in [0, 0.05) is 44.4 Å². The van der Waals surface area contributed by atoms with Gasteiger partial charge in [0.2, 0.25) is 5.91 Å². The van der Waals surface area contributed by atoms with Gasteiger partial charge < -0.3 is 10.1 Å². The van der Waals surface area contributed by atoms with E-state index in [1.807, 2.05) is 30.3 Å². The molecule has 3 aromatic carbocycles. The summed E-state index contributed by atoms with van der Waals surface area (Å²) in [5.74, 6) is -1.60. The second-order valence-corrected chi connectivity index (χ2v) is 10.1. The summed E-state index contributed by atoms with van der Waals surface area (Å²) in [4.78, 5) is 40.8. The van der Waals surface area contributed by atoms with Crippen LogP contribution >= 0.6 is 34.8 Å². The van der Waals surface area contributed by atoms with Crippen molar-refractivity contribution in [2.75, 3.05) is 0 Å². The number of amides is 1. The molecule has 10 heteroatoms. The summed E-state index contributed by atoms with van der Waals surface area (Å²) >= 11 is 18.9. The number of H-pyrrole nitrogens is 1. The van der Waals surface area contributed by atoms with E-state index in [1.54, 1.807) is 36.4 Å². The molecule has 0 saturated carbocycles. The molecule has 2 heterocycles. The molecular weight excluding hydrogens is 549 g/mol. The van der Waals surface area contributed by atoms with Crippen LogP contribution in [0.1, 0.15) is 36.4 Å². The summed E-state index contributed by atoms with van der Waals surface area (Å²) in [6.45, 7) is 0. The van der Waals surface area contributed by atoms with Gasteiger partial charge in [-0.1, -0.05) is 71.2 Å². The number of aliphatic carboxylic acids is 1. The van der Waals surface area contributed by atoms with Gasteiger partial charge in [0.1, 0.15) is 0 Å². The van der Waals surface area contributed by atoms with Crippen molar-refractivity contribution in [2.24, 2.45) is 5.10 Å². The molecule has 0 spiro atoms. The Kier molecular flexibility index (Phi) is 7.25. The Bertz CT molecular complexity index is 1670. The maximum atomic E-state index is 13.6. The smallest absolute Gasteiger partial charge is 0.303 e. The molecule has 0 radical (unpaired) electrons. The SMILES string of the molecule is O=C(O)CCC(=O)N1N=C(c2c(-c3ccccc3)c3cc(Cl)ccc3[nH]c2=O)C[C@@H]1c1ccc(Cl)cc1Cl. The lowest BCUT2D eigenvalue weighted by Crippen LogP contribution is -2.27. The summed E-state index contributed by atoms with van der Waals surface area (Å²) in [5, 5.41) is 16.9. The van der Waals surface area contributed by atoms with Gasteiger partial charge in [-0.15, -0.1) is 0 Å². The van der Waals surface area contributed by atoms with Crippen LogP contribution in [-0.2, 0) is 9.59 Å². The quantitative estimate of drug-likeness (QED) is 0.270.